The monoisotopic (exact) mass is 381 g/mol. The molecule has 2 aliphatic rings. The third-order valence-corrected chi connectivity index (χ3v) is 4.69. The number of halogens is 5. The highest BCUT2D eigenvalue weighted by Gasteiger charge is 2.48. The van der Waals surface area contributed by atoms with E-state index in [0.717, 1.165) is 13.1 Å². The Morgan fingerprint density at radius 3 is 2.50 bits per heavy atom. The fourth-order valence-corrected chi connectivity index (χ4v) is 3.24. The summed E-state index contributed by atoms with van der Waals surface area (Å²) in [7, 11) is 1.53. The van der Waals surface area contributed by atoms with Crippen LogP contribution in [0.4, 0.5) is 32.6 Å². The highest BCUT2D eigenvalue weighted by Crippen LogP contribution is 2.49. The molecule has 0 atom stereocenters. The second-order valence-electron chi connectivity index (χ2n) is 6.95. The van der Waals surface area contributed by atoms with Crippen LogP contribution < -0.4 is 16.0 Å². The van der Waals surface area contributed by atoms with Crippen LogP contribution in [-0.4, -0.2) is 47.5 Å². The summed E-state index contributed by atoms with van der Waals surface area (Å²) < 4.78 is 64.5. The maximum absolute atomic E-state index is 13.2. The van der Waals surface area contributed by atoms with E-state index in [1.54, 1.807) is 5.32 Å². The minimum Gasteiger partial charge on any atom is -0.329 e. The summed E-state index contributed by atoms with van der Waals surface area (Å²) in [5.74, 6) is -2.60. The number of aromatic nitrogens is 2. The maximum Gasteiger partial charge on any atom is 0.405 e. The van der Waals surface area contributed by atoms with Crippen molar-refractivity contribution in [3.05, 3.63) is 11.3 Å². The molecule has 26 heavy (non-hydrogen) atoms. The van der Waals surface area contributed by atoms with Crippen LogP contribution in [-0.2, 0) is 13.5 Å². The Morgan fingerprint density at radius 2 is 2.00 bits per heavy atom. The number of rotatable bonds is 5. The van der Waals surface area contributed by atoms with Gasteiger partial charge in [0, 0.05) is 31.4 Å². The quantitative estimate of drug-likeness (QED) is 0.686. The molecule has 1 saturated carbocycles. The number of hydrogen-bond donors (Lipinski definition) is 3. The average molecular weight is 381 g/mol. The van der Waals surface area contributed by atoms with Gasteiger partial charge in [0.25, 0.3) is 0 Å². The van der Waals surface area contributed by atoms with E-state index in [1.165, 1.54) is 11.7 Å². The predicted molar refractivity (Wildman–Crippen MR) is 83.3 cm³/mol. The third kappa shape index (κ3) is 4.25. The number of nitrogens with one attached hydrogen (secondary N) is 3. The normalized spacial score (nSPS) is 20.4. The van der Waals surface area contributed by atoms with E-state index in [9.17, 15) is 26.7 Å². The van der Waals surface area contributed by atoms with Gasteiger partial charge in [-0.15, -0.1) is 0 Å². The zero-order valence-corrected chi connectivity index (χ0v) is 14.1. The van der Waals surface area contributed by atoms with Crippen LogP contribution in [0.5, 0.6) is 0 Å². The summed E-state index contributed by atoms with van der Waals surface area (Å²) in [6.45, 7) is 0.0595. The van der Waals surface area contributed by atoms with Gasteiger partial charge in [-0.25, -0.2) is 13.6 Å². The summed E-state index contributed by atoms with van der Waals surface area (Å²) in [6.07, 6.45) is -4.61. The van der Waals surface area contributed by atoms with Crippen molar-refractivity contribution in [2.75, 3.05) is 25.0 Å². The van der Waals surface area contributed by atoms with Gasteiger partial charge >= 0.3 is 12.2 Å². The van der Waals surface area contributed by atoms with Gasteiger partial charge in [0.05, 0.1) is 5.69 Å². The first kappa shape index (κ1) is 18.9. The number of anilines is 1. The van der Waals surface area contributed by atoms with Crippen molar-refractivity contribution in [2.45, 2.75) is 37.3 Å². The van der Waals surface area contributed by atoms with Crippen molar-refractivity contribution in [1.82, 2.24) is 20.4 Å². The molecule has 146 valence electrons. The lowest BCUT2D eigenvalue weighted by molar-refractivity contribution is -0.122. The van der Waals surface area contributed by atoms with E-state index in [2.05, 4.69) is 15.7 Å². The van der Waals surface area contributed by atoms with Crippen molar-refractivity contribution >= 4 is 11.8 Å². The molecule has 0 radical (unpaired) electrons. The third-order valence-electron chi connectivity index (χ3n) is 4.69. The fourth-order valence-electron chi connectivity index (χ4n) is 3.24. The summed E-state index contributed by atoms with van der Waals surface area (Å²) in [6, 6.07) is -1.01. The Balaban J connectivity index is 1.77. The minimum atomic E-state index is -4.52. The van der Waals surface area contributed by atoms with Crippen LogP contribution in [0.2, 0.25) is 0 Å². The molecule has 2 fully saturated rings. The van der Waals surface area contributed by atoms with Crippen molar-refractivity contribution in [3.8, 4) is 0 Å². The molecule has 0 aromatic carbocycles. The summed E-state index contributed by atoms with van der Waals surface area (Å²) in [4.78, 5) is 11.8. The molecule has 2 amide bonds. The number of hydrogen-bond acceptors (Lipinski definition) is 3. The molecule has 1 aliphatic heterocycles. The van der Waals surface area contributed by atoms with Gasteiger partial charge in [0.1, 0.15) is 12.4 Å². The molecule has 2 heterocycles. The number of nitrogens with zero attached hydrogens (tertiary/aromatic N) is 2. The fraction of sp³-hybridized carbons (Fsp3) is 0.733. The van der Waals surface area contributed by atoms with E-state index >= 15 is 0 Å². The smallest absolute Gasteiger partial charge is 0.329 e. The first-order valence-corrected chi connectivity index (χ1v) is 8.30. The van der Waals surface area contributed by atoms with Crippen molar-refractivity contribution in [3.63, 3.8) is 0 Å². The van der Waals surface area contributed by atoms with Gasteiger partial charge in [-0.2, -0.15) is 18.3 Å². The van der Waals surface area contributed by atoms with Gasteiger partial charge in [-0.05, 0) is 25.4 Å². The number of alkyl halides is 5. The number of amides is 2. The molecule has 0 unspecified atom stereocenters. The van der Waals surface area contributed by atoms with Crippen LogP contribution in [0.3, 0.4) is 0 Å². The molecule has 6 nitrogen and oxygen atoms in total. The Bertz CT molecular complexity index is 675. The van der Waals surface area contributed by atoms with E-state index in [0.29, 0.717) is 17.7 Å². The molecular formula is C15H20F5N5O. The molecule has 1 aromatic heterocycles. The average Bonchev–Trinajstić information content (AvgIpc) is 2.74. The van der Waals surface area contributed by atoms with Crippen LogP contribution in [0.15, 0.2) is 0 Å². The molecule has 1 aliphatic carbocycles. The van der Waals surface area contributed by atoms with Crippen molar-refractivity contribution in [1.29, 1.82) is 0 Å². The molecule has 11 heteroatoms. The zero-order chi connectivity index (χ0) is 19.1. The van der Waals surface area contributed by atoms with Crippen LogP contribution in [0.25, 0.3) is 0 Å². The summed E-state index contributed by atoms with van der Waals surface area (Å²) >= 11 is 0. The second-order valence-corrected chi connectivity index (χ2v) is 6.95. The Hall–Kier alpha value is -1.91. The van der Waals surface area contributed by atoms with Crippen molar-refractivity contribution < 1.29 is 26.7 Å². The molecular weight excluding hydrogens is 361 g/mol. The van der Waals surface area contributed by atoms with Crippen LogP contribution in [0, 0.1) is 5.92 Å². The minimum absolute atomic E-state index is 0.252. The molecule has 1 aromatic rings. The highest BCUT2D eigenvalue weighted by molar-refractivity contribution is 5.89. The predicted octanol–water partition coefficient (Wildman–Crippen LogP) is 2.38. The van der Waals surface area contributed by atoms with E-state index in [1.807, 2.05) is 0 Å². The zero-order valence-electron chi connectivity index (χ0n) is 14.1. The number of aryl methyl sites for hydroxylation is 1. The van der Waals surface area contributed by atoms with Crippen LogP contribution >= 0.6 is 0 Å². The Morgan fingerprint density at radius 1 is 1.35 bits per heavy atom. The Kier molecular flexibility index (Phi) is 4.84. The molecule has 1 saturated heterocycles. The lowest BCUT2D eigenvalue weighted by atomic mass is 9.77. The molecule has 3 rings (SSSR count). The summed E-state index contributed by atoms with van der Waals surface area (Å²) in [5.41, 5.74) is 1.12. The number of carbonyl (C=O) groups is 1. The SMILES string of the molecule is Cn1nc(C2CC(F)(F)C2)c(CC2CNC2)c1NC(=O)NCC(F)(F)F. The van der Waals surface area contributed by atoms with Gasteiger partial charge in [0.2, 0.25) is 5.92 Å². The number of urea groups is 1. The lowest BCUT2D eigenvalue weighted by Crippen LogP contribution is -2.43. The van der Waals surface area contributed by atoms with Gasteiger partial charge in [-0.3, -0.25) is 10.00 Å². The maximum atomic E-state index is 13.2. The molecule has 0 spiro atoms. The largest absolute Gasteiger partial charge is 0.405 e. The lowest BCUT2D eigenvalue weighted by Gasteiger charge is -2.35. The standard InChI is InChI=1S/C15H20F5N5O/c1-25-12(23-13(26)22-7-15(18,19)20)10(2-8-5-21-6-8)11(24-25)9-3-14(16,17)4-9/h8-9,21H,2-7H2,1H3,(H2,22,23,26). The Labute approximate surface area is 146 Å². The van der Waals surface area contributed by atoms with Crippen LogP contribution in [0.1, 0.15) is 30.0 Å². The van der Waals surface area contributed by atoms with Gasteiger partial charge in [0.15, 0.2) is 0 Å². The van der Waals surface area contributed by atoms with E-state index < -0.39 is 30.6 Å². The van der Waals surface area contributed by atoms with E-state index in [-0.39, 0.29) is 24.6 Å². The number of carbonyl (C=O) groups excluding carboxylic acids is 1. The topological polar surface area (TPSA) is 71.0 Å². The highest BCUT2D eigenvalue weighted by atomic mass is 19.4. The van der Waals surface area contributed by atoms with E-state index in [4.69, 9.17) is 0 Å². The molecule has 0 bridgehead atoms. The summed E-state index contributed by atoms with van der Waals surface area (Å²) in [5, 5.41) is 11.5. The molecule has 3 N–H and O–H groups in total. The van der Waals surface area contributed by atoms with Gasteiger partial charge < -0.3 is 10.6 Å². The second kappa shape index (κ2) is 6.67. The first-order chi connectivity index (χ1) is 12.0. The van der Waals surface area contributed by atoms with Gasteiger partial charge in [-0.1, -0.05) is 0 Å². The first-order valence-electron chi connectivity index (χ1n) is 8.30. The van der Waals surface area contributed by atoms with Crippen molar-refractivity contribution in [2.24, 2.45) is 13.0 Å².